The summed E-state index contributed by atoms with van der Waals surface area (Å²) in [4.78, 5) is 48.5. The summed E-state index contributed by atoms with van der Waals surface area (Å²) >= 11 is 0. The molecule has 0 spiro atoms. The van der Waals surface area contributed by atoms with Crippen molar-refractivity contribution in [2.45, 2.75) is 25.4 Å². The third-order valence-electron chi connectivity index (χ3n) is 4.92. The number of Topliss-reactive ketones (excluding diaryl/α,β-unsaturated/α-hetero) is 1. The lowest BCUT2D eigenvalue weighted by molar-refractivity contribution is -0.145. The van der Waals surface area contributed by atoms with Crippen molar-refractivity contribution >= 4 is 34.9 Å². The second-order valence-electron chi connectivity index (χ2n) is 7.03. The Labute approximate surface area is 170 Å². The summed E-state index contributed by atoms with van der Waals surface area (Å²) < 4.78 is 24.0. The van der Waals surface area contributed by atoms with Crippen molar-refractivity contribution in [1.29, 1.82) is 0 Å². The smallest absolute Gasteiger partial charge is 0.314 e. The maximum Gasteiger partial charge on any atom is 0.314 e. The third-order valence-corrected chi connectivity index (χ3v) is 4.92. The van der Waals surface area contributed by atoms with E-state index < -0.39 is 42.1 Å². The zero-order chi connectivity index (χ0) is 21.4. The van der Waals surface area contributed by atoms with E-state index in [0.717, 1.165) is 6.07 Å². The van der Waals surface area contributed by atoms with Crippen molar-refractivity contribution in [3.63, 3.8) is 0 Å². The number of amides is 2. The minimum absolute atomic E-state index is 0.161. The number of ether oxygens (including phenoxy) is 2. The fraction of sp³-hybridized carbons (Fsp3) is 0.238. The Morgan fingerprint density at radius 3 is 2.73 bits per heavy atom. The van der Waals surface area contributed by atoms with Crippen LogP contribution in [0.25, 0.3) is 0 Å². The fourth-order valence-electron chi connectivity index (χ4n) is 3.35. The van der Waals surface area contributed by atoms with Crippen LogP contribution in [0.5, 0.6) is 5.75 Å². The number of nitrogens with one attached hydrogen (secondary N) is 2. The Morgan fingerprint density at radius 1 is 1.13 bits per heavy atom. The summed E-state index contributed by atoms with van der Waals surface area (Å²) in [5, 5.41) is 5.15. The van der Waals surface area contributed by atoms with Gasteiger partial charge in [-0.2, -0.15) is 0 Å². The Morgan fingerprint density at radius 2 is 1.93 bits per heavy atom. The van der Waals surface area contributed by atoms with Crippen LogP contribution in [-0.4, -0.2) is 36.3 Å². The van der Waals surface area contributed by atoms with Crippen LogP contribution in [-0.2, 0) is 19.1 Å². The molecule has 2 aromatic rings. The van der Waals surface area contributed by atoms with E-state index in [4.69, 9.17) is 9.47 Å². The number of carbonyl (C=O) groups excluding carboxylic acids is 4. The molecule has 0 aromatic heterocycles. The van der Waals surface area contributed by atoms with Crippen molar-refractivity contribution in [2.75, 3.05) is 17.2 Å². The number of carbonyl (C=O) groups is 4. The van der Waals surface area contributed by atoms with E-state index in [2.05, 4.69) is 10.6 Å². The average molecular weight is 412 g/mol. The molecule has 2 amide bonds. The molecule has 154 valence electrons. The van der Waals surface area contributed by atoms with Crippen LogP contribution in [0.1, 0.15) is 35.2 Å². The Kier molecular flexibility index (Phi) is 4.94. The third kappa shape index (κ3) is 3.73. The highest BCUT2D eigenvalue weighted by Gasteiger charge is 2.32. The van der Waals surface area contributed by atoms with E-state index >= 15 is 0 Å². The molecule has 2 atom stereocenters. The molecule has 9 heteroatoms. The molecule has 2 aliphatic rings. The highest BCUT2D eigenvalue weighted by molar-refractivity contribution is 6.03. The lowest BCUT2D eigenvalue weighted by atomic mass is 9.90. The predicted molar refractivity (Wildman–Crippen MR) is 103 cm³/mol. The van der Waals surface area contributed by atoms with Gasteiger partial charge in [-0.1, -0.05) is 6.07 Å². The minimum atomic E-state index is -0.931. The second-order valence-corrected chi connectivity index (χ2v) is 7.03. The van der Waals surface area contributed by atoms with Crippen LogP contribution in [0.3, 0.4) is 0 Å². The van der Waals surface area contributed by atoms with Crippen LogP contribution >= 0.6 is 0 Å². The molecule has 0 fully saturated rings. The van der Waals surface area contributed by atoms with Gasteiger partial charge >= 0.3 is 5.97 Å². The molecule has 2 heterocycles. The number of esters is 1. The second kappa shape index (κ2) is 7.58. The number of hydrogen-bond donors (Lipinski definition) is 2. The highest BCUT2D eigenvalue weighted by Crippen LogP contribution is 2.34. The van der Waals surface area contributed by atoms with Crippen LogP contribution in [0.15, 0.2) is 36.4 Å². The molecule has 2 aliphatic heterocycles. The number of rotatable bonds is 4. The SMILES string of the molecule is CC1Oc2ccc(C(=O)COC(=O)C3CC(=O)Nc4cc(F)ccc43)cc2NC1=O. The van der Waals surface area contributed by atoms with Gasteiger partial charge in [-0.15, -0.1) is 0 Å². The summed E-state index contributed by atoms with van der Waals surface area (Å²) in [5.41, 5.74) is 1.22. The number of halogens is 1. The zero-order valence-electron chi connectivity index (χ0n) is 15.9. The van der Waals surface area contributed by atoms with E-state index in [1.807, 2.05) is 0 Å². The number of hydrogen-bond acceptors (Lipinski definition) is 6. The predicted octanol–water partition coefficient (Wildman–Crippen LogP) is 2.40. The quantitative estimate of drug-likeness (QED) is 0.589. The molecule has 4 rings (SSSR count). The summed E-state index contributed by atoms with van der Waals surface area (Å²) in [6.45, 7) is 1.06. The van der Waals surface area contributed by atoms with Gasteiger partial charge in [0, 0.05) is 17.7 Å². The average Bonchev–Trinajstić information content (AvgIpc) is 2.71. The first-order valence-corrected chi connectivity index (χ1v) is 9.22. The molecule has 2 unspecified atom stereocenters. The Bertz CT molecular complexity index is 1080. The lowest BCUT2D eigenvalue weighted by Crippen LogP contribution is -2.34. The molecule has 2 aromatic carbocycles. The molecule has 8 nitrogen and oxygen atoms in total. The van der Waals surface area contributed by atoms with Crippen molar-refractivity contribution in [3.8, 4) is 5.75 Å². The largest absolute Gasteiger partial charge is 0.479 e. The number of benzene rings is 2. The van der Waals surface area contributed by atoms with E-state index in [1.165, 1.54) is 24.3 Å². The number of ketones is 1. The molecule has 30 heavy (non-hydrogen) atoms. The number of anilines is 2. The van der Waals surface area contributed by atoms with Gasteiger partial charge in [0.1, 0.15) is 11.6 Å². The van der Waals surface area contributed by atoms with Gasteiger partial charge in [-0.05, 0) is 42.8 Å². The molecule has 2 N–H and O–H groups in total. The van der Waals surface area contributed by atoms with Crippen molar-refractivity contribution in [3.05, 3.63) is 53.3 Å². The molecular formula is C21H17FN2O6. The van der Waals surface area contributed by atoms with E-state index in [0.29, 0.717) is 17.0 Å². The fourth-order valence-corrected chi connectivity index (χ4v) is 3.35. The van der Waals surface area contributed by atoms with Gasteiger partial charge < -0.3 is 20.1 Å². The van der Waals surface area contributed by atoms with Gasteiger partial charge in [0.2, 0.25) is 5.91 Å². The topological polar surface area (TPSA) is 111 Å². The normalized spacial score (nSPS) is 19.5. The first-order valence-electron chi connectivity index (χ1n) is 9.22. The molecule has 0 bridgehead atoms. The summed E-state index contributed by atoms with van der Waals surface area (Å²) in [5.74, 6) is -3.05. The Balaban J connectivity index is 1.45. The van der Waals surface area contributed by atoms with Crippen LogP contribution in [0.2, 0.25) is 0 Å². The van der Waals surface area contributed by atoms with Crippen LogP contribution in [0.4, 0.5) is 15.8 Å². The van der Waals surface area contributed by atoms with Crippen molar-refractivity contribution in [1.82, 2.24) is 0 Å². The van der Waals surface area contributed by atoms with Gasteiger partial charge in [-0.25, -0.2) is 4.39 Å². The standard InChI is InChI=1S/C21H17FN2O6/c1-10-20(27)24-16-6-11(2-5-18(16)30-10)17(25)9-29-21(28)14-8-19(26)23-15-7-12(22)3-4-13(14)15/h2-7,10,14H,8-9H2,1H3,(H,23,26)(H,24,27). The highest BCUT2D eigenvalue weighted by atomic mass is 19.1. The lowest BCUT2D eigenvalue weighted by Gasteiger charge is -2.24. The van der Waals surface area contributed by atoms with Crippen molar-refractivity contribution < 1.29 is 33.0 Å². The van der Waals surface area contributed by atoms with Gasteiger partial charge in [0.05, 0.1) is 11.6 Å². The van der Waals surface area contributed by atoms with Crippen LogP contribution < -0.4 is 15.4 Å². The van der Waals surface area contributed by atoms with Crippen LogP contribution in [0, 0.1) is 5.82 Å². The molecule has 0 radical (unpaired) electrons. The molecular weight excluding hydrogens is 395 g/mol. The summed E-state index contributed by atoms with van der Waals surface area (Å²) in [6, 6.07) is 8.22. The van der Waals surface area contributed by atoms with E-state index in [-0.39, 0.29) is 23.6 Å². The van der Waals surface area contributed by atoms with Gasteiger partial charge in [0.15, 0.2) is 18.5 Å². The first kappa shape index (κ1) is 19.6. The molecule has 0 saturated heterocycles. The summed E-state index contributed by atoms with van der Waals surface area (Å²) in [7, 11) is 0. The monoisotopic (exact) mass is 412 g/mol. The maximum absolute atomic E-state index is 13.4. The minimum Gasteiger partial charge on any atom is -0.479 e. The number of fused-ring (bicyclic) bond motifs is 2. The van der Waals surface area contributed by atoms with E-state index in [1.54, 1.807) is 13.0 Å². The first-order chi connectivity index (χ1) is 14.3. The molecule has 0 saturated carbocycles. The maximum atomic E-state index is 13.4. The van der Waals surface area contributed by atoms with Gasteiger partial charge in [0.25, 0.3) is 5.91 Å². The molecule has 0 aliphatic carbocycles. The van der Waals surface area contributed by atoms with Gasteiger partial charge in [-0.3, -0.25) is 19.2 Å². The van der Waals surface area contributed by atoms with Crippen molar-refractivity contribution in [2.24, 2.45) is 0 Å². The zero-order valence-corrected chi connectivity index (χ0v) is 15.9. The Hall–Kier alpha value is -3.75. The summed E-state index contributed by atoms with van der Waals surface area (Å²) in [6.07, 6.45) is -0.796. The van der Waals surface area contributed by atoms with E-state index in [9.17, 15) is 23.6 Å².